The fourth-order valence-electron chi connectivity index (χ4n) is 3.07. The van der Waals surface area contributed by atoms with Crippen LogP contribution in [0.1, 0.15) is 5.56 Å². The van der Waals surface area contributed by atoms with Gasteiger partial charge in [0.2, 0.25) is 0 Å². The van der Waals surface area contributed by atoms with E-state index in [0.29, 0.717) is 0 Å². The van der Waals surface area contributed by atoms with E-state index in [2.05, 4.69) is 137 Å². The van der Waals surface area contributed by atoms with E-state index in [-0.39, 0.29) is 0 Å². The van der Waals surface area contributed by atoms with Crippen LogP contribution in [0.3, 0.4) is 0 Å². The fourth-order valence-corrected chi connectivity index (χ4v) is 6.82. The van der Waals surface area contributed by atoms with Gasteiger partial charge in [-0.25, -0.2) is 0 Å². The molecular formula is C26H20BrPS. The van der Waals surface area contributed by atoms with Crippen LogP contribution in [-0.2, 0) is 0 Å². The van der Waals surface area contributed by atoms with Crippen molar-refractivity contribution in [2.75, 3.05) is 0 Å². The third-order valence-corrected chi connectivity index (χ3v) is 8.56. The third kappa shape index (κ3) is 5.28. The van der Waals surface area contributed by atoms with Crippen molar-refractivity contribution in [2.45, 2.75) is 4.90 Å². The Morgan fingerprint density at radius 2 is 1.10 bits per heavy atom. The van der Waals surface area contributed by atoms with Crippen LogP contribution < -0.4 is 10.6 Å². The quantitative estimate of drug-likeness (QED) is 0.204. The zero-order chi connectivity index (χ0) is 19.9. The fraction of sp³-hybridized carbons (Fsp3) is 0. The summed E-state index contributed by atoms with van der Waals surface area (Å²) >= 11 is 5.37. The first-order valence-electron chi connectivity index (χ1n) is 9.39. The molecule has 0 fully saturated rings. The summed E-state index contributed by atoms with van der Waals surface area (Å²) in [5.74, 6) is 0. The van der Waals surface area contributed by atoms with E-state index in [0.717, 1.165) is 4.47 Å². The molecule has 29 heavy (non-hydrogen) atoms. The maximum absolute atomic E-state index is 3.58. The highest BCUT2D eigenvalue weighted by atomic mass is 79.9. The Bertz CT molecular complexity index is 1020. The SMILES string of the molecule is Brc1ccc(/C(=C/Sc2ccccc2)P(c2ccccc2)c2ccccc2)cc1. The van der Waals surface area contributed by atoms with Gasteiger partial charge in [-0.1, -0.05) is 119 Å². The van der Waals surface area contributed by atoms with Gasteiger partial charge in [-0.15, -0.1) is 0 Å². The van der Waals surface area contributed by atoms with Crippen molar-refractivity contribution in [1.82, 2.24) is 0 Å². The van der Waals surface area contributed by atoms with E-state index in [1.54, 1.807) is 11.8 Å². The molecule has 0 aliphatic heterocycles. The molecule has 0 saturated carbocycles. The molecule has 0 heterocycles. The van der Waals surface area contributed by atoms with Gasteiger partial charge in [-0.05, 0) is 59.1 Å². The molecule has 0 nitrogen and oxygen atoms in total. The predicted molar refractivity (Wildman–Crippen MR) is 133 cm³/mol. The molecule has 0 atom stereocenters. The Labute approximate surface area is 186 Å². The smallest absolute Gasteiger partial charge is 0.0175 e. The van der Waals surface area contributed by atoms with Crippen LogP contribution in [0.4, 0.5) is 0 Å². The lowest BCUT2D eigenvalue weighted by atomic mass is 10.2. The summed E-state index contributed by atoms with van der Waals surface area (Å²) in [6.07, 6.45) is 0. The predicted octanol–water partition coefficient (Wildman–Crippen LogP) is 7.67. The van der Waals surface area contributed by atoms with Gasteiger partial charge in [-0.2, -0.15) is 0 Å². The Hall–Kier alpha value is -2.12. The molecule has 0 amide bonds. The van der Waals surface area contributed by atoms with Crippen molar-refractivity contribution in [3.05, 3.63) is 131 Å². The number of benzene rings is 4. The van der Waals surface area contributed by atoms with Crippen LogP contribution in [0.25, 0.3) is 5.31 Å². The molecule has 0 unspecified atom stereocenters. The van der Waals surface area contributed by atoms with E-state index in [9.17, 15) is 0 Å². The van der Waals surface area contributed by atoms with Crippen molar-refractivity contribution in [3.8, 4) is 0 Å². The maximum atomic E-state index is 3.58. The highest BCUT2D eigenvalue weighted by Crippen LogP contribution is 2.50. The van der Waals surface area contributed by atoms with E-state index in [4.69, 9.17) is 0 Å². The van der Waals surface area contributed by atoms with Crippen LogP contribution in [0.5, 0.6) is 0 Å². The highest BCUT2D eigenvalue weighted by molar-refractivity contribution is 9.10. The summed E-state index contributed by atoms with van der Waals surface area (Å²) in [5, 5.41) is 6.41. The molecule has 0 saturated heterocycles. The number of hydrogen-bond donors (Lipinski definition) is 0. The molecule has 4 aromatic carbocycles. The van der Waals surface area contributed by atoms with E-state index >= 15 is 0 Å². The molecule has 0 spiro atoms. The number of halogens is 1. The van der Waals surface area contributed by atoms with Crippen LogP contribution >= 0.6 is 35.6 Å². The Kier molecular flexibility index (Phi) is 7.00. The molecule has 4 rings (SSSR count). The molecule has 0 aliphatic carbocycles. The van der Waals surface area contributed by atoms with Crippen molar-refractivity contribution in [3.63, 3.8) is 0 Å². The van der Waals surface area contributed by atoms with Gasteiger partial charge in [-0.3, -0.25) is 0 Å². The minimum absolute atomic E-state index is 0.672. The van der Waals surface area contributed by atoms with Gasteiger partial charge in [0.05, 0.1) is 0 Å². The van der Waals surface area contributed by atoms with Gasteiger partial charge in [0, 0.05) is 9.37 Å². The molecular weight excluding hydrogens is 455 g/mol. The monoisotopic (exact) mass is 474 g/mol. The first kappa shape index (κ1) is 20.2. The zero-order valence-corrected chi connectivity index (χ0v) is 19.1. The van der Waals surface area contributed by atoms with Gasteiger partial charge >= 0.3 is 0 Å². The first-order chi connectivity index (χ1) is 14.3. The minimum atomic E-state index is -0.672. The highest BCUT2D eigenvalue weighted by Gasteiger charge is 2.20. The van der Waals surface area contributed by atoms with Crippen molar-refractivity contribution < 1.29 is 0 Å². The Morgan fingerprint density at radius 3 is 1.62 bits per heavy atom. The average Bonchev–Trinajstić information content (AvgIpc) is 2.79. The molecule has 0 bridgehead atoms. The third-order valence-electron chi connectivity index (χ3n) is 4.46. The molecule has 0 N–H and O–H groups in total. The molecule has 0 aromatic heterocycles. The molecule has 0 radical (unpaired) electrons. The second-order valence-electron chi connectivity index (χ2n) is 6.45. The molecule has 0 aliphatic rings. The largest absolute Gasteiger partial charge is 0.0974 e. The van der Waals surface area contributed by atoms with Crippen molar-refractivity contribution in [2.24, 2.45) is 0 Å². The topological polar surface area (TPSA) is 0 Å². The normalized spacial score (nSPS) is 11.6. The van der Waals surface area contributed by atoms with E-state index in [1.807, 2.05) is 0 Å². The standard InChI is InChI=1S/C26H20BrPS/c27-22-18-16-21(17-19-22)26(20-29-25-14-8-3-9-15-25)28(23-10-4-1-5-11-23)24-12-6-2-7-13-24/h1-20H/b26-20-. The van der Waals surface area contributed by atoms with Crippen LogP contribution in [0, 0.1) is 0 Å². The van der Waals surface area contributed by atoms with Crippen LogP contribution in [0.2, 0.25) is 0 Å². The second-order valence-corrected chi connectivity index (χ2v) is 10.5. The lowest BCUT2D eigenvalue weighted by molar-refractivity contribution is 1.47. The number of thioether (sulfide) groups is 1. The zero-order valence-electron chi connectivity index (χ0n) is 15.8. The Balaban J connectivity index is 1.85. The summed E-state index contributed by atoms with van der Waals surface area (Å²) in [6, 6.07) is 40.9. The number of rotatable bonds is 6. The first-order valence-corrected chi connectivity index (χ1v) is 12.4. The van der Waals surface area contributed by atoms with Crippen molar-refractivity contribution in [1.29, 1.82) is 0 Å². The van der Waals surface area contributed by atoms with Gasteiger partial charge in [0.15, 0.2) is 0 Å². The van der Waals surface area contributed by atoms with E-state index < -0.39 is 7.92 Å². The minimum Gasteiger partial charge on any atom is -0.0974 e. The summed E-state index contributed by atoms with van der Waals surface area (Å²) in [4.78, 5) is 1.25. The molecule has 3 heteroatoms. The van der Waals surface area contributed by atoms with Gasteiger partial charge in [0.1, 0.15) is 0 Å². The average molecular weight is 475 g/mol. The maximum Gasteiger partial charge on any atom is 0.0175 e. The van der Waals surface area contributed by atoms with Gasteiger partial charge in [0.25, 0.3) is 0 Å². The second kappa shape index (κ2) is 10.1. The lowest BCUT2D eigenvalue weighted by Gasteiger charge is -2.23. The van der Waals surface area contributed by atoms with Gasteiger partial charge < -0.3 is 0 Å². The molecule has 142 valence electrons. The molecule has 4 aromatic rings. The summed E-state index contributed by atoms with van der Waals surface area (Å²) in [5.41, 5.74) is 1.26. The lowest BCUT2D eigenvalue weighted by Crippen LogP contribution is -2.12. The van der Waals surface area contributed by atoms with E-state index in [1.165, 1.54) is 26.4 Å². The summed E-state index contributed by atoms with van der Waals surface area (Å²) in [7, 11) is -0.672. The van der Waals surface area contributed by atoms with Crippen LogP contribution in [0.15, 0.2) is 130 Å². The van der Waals surface area contributed by atoms with Crippen LogP contribution in [-0.4, -0.2) is 0 Å². The van der Waals surface area contributed by atoms with Crippen molar-refractivity contribution >= 4 is 51.5 Å². The summed E-state index contributed by atoms with van der Waals surface area (Å²) in [6.45, 7) is 0. The Morgan fingerprint density at radius 1 is 0.621 bits per heavy atom. The number of hydrogen-bond acceptors (Lipinski definition) is 1. The summed E-state index contributed by atoms with van der Waals surface area (Å²) < 4.78 is 1.10.